The average molecular weight is 224 g/mol. The van der Waals surface area contributed by atoms with Crippen LogP contribution in [0.5, 0.6) is 0 Å². The van der Waals surface area contributed by atoms with Crippen molar-refractivity contribution in [3.05, 3.63) is 0 Å². The molecule has 1 aliphatic heterocycles. The zero-order chi connectivity index (χ0) is 12.0. The summed E-state index contributed by atoms with van der Waals surface area (Å²) in [5.74, 6) is -1.06. The molecule has 0 aromatic heterocycles. The van der Waals surface area contributed by atoms with E-state index in [1.165, 1.54) is 0 Å². The molecular weight excluding hydrogens is 212 g/mol. The highest BCUT2D eigenvalue weighted by Gasteiger charge is 2.26. The van der Waals surface area contributed by atoms with Crippen LogP contribution in [-0.2, 0) is 14.4 Å². The predicted octanol–water partition coefficient (Wildman–Crippen LogP) is -1.98. The summed E-state index contributed by atoms with van der Waals surface area (Å²) in [7, 11) is 0. The van der Waals surface area contributed by atoms with Crippen molar-refractivity contribution in [1.82, 2.24) is 16.0 Å². The Morgan fingerprint density at radius 1 is 1.56 bits per heavy atom. The van der Waals surface area contributed by atoms with Crippen LogP contribution in [0.2, 0.25) is 0 Å². The zero-order valence-corrected chi connectivity index (χ0v) is 8.58. The van der Waals surface area contributed by atoms with Crippen molar-refractivity contribution in [3.63, 3.8) is 0 Å². The molecule has 0 bridgehead atoms. The Kier molecular flexibility index (Phi) is 4.42. The molecule has 16 heavy (non-hydrogen) atoms. The highest BCUT2D eigenvalue weighted by molar-refractivity contribution is 6.00. The fraction of sp³-hybridized carbons (Fsp3) is 0.556. The average Bonchev–Trinajstić information content (AvgIpc) is 2.25. The summed E-state index contributed by atoms with van der Waals surface area (Å²) < 4.78 is 0. The second-order valence-corrected chi connectivity index (χ2v) is 3.32. The quantitative estimate of drug-likeness (QED) is 0.378. The van der Waals surface area contributed by atoms with E-state index in [0.29, 0.717) is 6.42 Å². The first kappa shape index (κ1) is 12.1. The van der Waals surface area contributed by atoms with Crippen LogP contribution in [0.25, 0.3) is 0 Å². The molecule has 1 rings (SSSR count). The summed E-state index contributed by atoms with van der Waals surface area (Å²) in [6.07, 6.45) is 0.652. The van der Waals surface area contributed by atoms with Gasteiger partial charge in [-0.25, -0.2) is 0 Å². The number of amides is 3. The Morgan fingerprint density at radius 3 is 2.94 bits per heavy atom. The normalized spacial score (nSPS) is 19.8. The van der Waals surface area contributed by atoms with E-state index in [9.17, 15) is 14.4 Å². The van der Waals surface area contributed by atoms with Crippen LogP contribution in [0, 0.1) is 11.3 Å². The molecule has 0 aromatic rings. The van der Waals surface area contributed by atoms with Crippen molar-refractivity contribution in [2.45, 2.75) is 18.9 Å². The summed E-state index contributed by atoms with van der Waals surface area (Å²) in [5, 5.41) is 15.4. The molecule has 7 heteroatoms. The van der Waals surface area contributed by atoms with E-state index in [0.717, 1.165) is 0 Å². The van der Waals surface area contributed by atoms with E-state index >= 15 is 0 Å². The van der Waals surface area contributed by atoms with Crippen LogP contribution >= 0.6 is 0 Å². The third-order valence-electron chi connectivity index (χ3n) is 2.11. The SMILES string of the molecule is N#CCNC(=O)CNC1CCC(=O)NC1=O. The lowest BCUT2D eigenvalue weighted by Crippen LogP contribution is -2.52. The van der Waals surface area contributed by atoms with Gasteiger partial charge in [-0.2, -0.15) is 5.26 Å². The monoisotopic (exact) mass is 224 g/mol. The van der Waals surface area contributed by atoms with Gasteiger partial charge >= 0.3 is 0 Å². The summed E-state index contributed by atoms with van der Waals surface area (Å²) in [5.41, 5.74) is 0. The molecule has 0 radical (unpaired) electrons. The van der Waals surface area contributed by atoms with Gasteiger partial charge in [0.1, 0.15) is 6.54 Å². The molecule has 3 amide bonds. The molecule has 1 saturated heterocycles. The van der Waals surface area contributed by atoms with Gasteiger partial charge in [0.25, 0.3) is 0 Å². The molecule has 7 nitrogen and oxygen atoms in total. The number of piperidine rings is 1. The first-order valence-corrected chi connectivity index (χ1v) is 4.84. The van der Waals surface area contributed by atoms with Crippen LogP contribution in [0.3, 0.4) is 0 Å². The smallest absolute Gasteiger partial charge is 0.243 e. The summed E-state index contributed by atoms with van der Waals surface area (Å²) in [6.45, 7) is -0.107. The maximum absolute atomic E-state index is 11.3. The fourth-order valence-electron chi connectivity index (χ4n) is 1.30. The van der Waals surface area contributed by atoms with E-state index in [1.807, 2.05) is 0 Å². The van der Waals surface area contributed by atoms with Crippen molar-refractivity contribution < 1.29 is 14.4 Å². The topological polar surface area (TPSA) is 111 Å². The van der Waals surface area contributed by atoms with Gasteiger partial charge in [0.05, 0.1) is 18.7 Å². The summed E-state index contributed by atoms with van der Waals surface area (Å²) >= 11 is 0. The van der Waals surface area contributed by atoms with E-state index < -0.39 is 11.9 Å². The Balaban J connectivity index is 2.27. The third-order valence-corrected chi connectivity index (χ3v) is 2.11. The summed E-state index contributed by atoms with van der Waals surface area (Å²) in [4.78, 5) is 33.2. The molecule has 1 unspecified atom stereocenters. The maximum atomic E-state index is 11.3. The van der Waals surface area contributed by atoms with Gasteiger partial charge in [-0.05, 0) is 6.42 Å². The Labute approximate surface area is 92.2 Å². The number of hydrogen-bond acceptors (Lipinski definition) is 5. The van der Waals surface area contributed by atoms with Crippen molar-refractivity contribution in [2.24, 2.45) is 0 Å². The number of hydrogen-bond donors (Lipinski definition) is 3. The molecule has 86 valence electrons. The van der Waals surface area contributed by atoms with Gasteiger partial charge in [-0.3, -0.25) is 25.0 Å². The molecule has 1 fully saturated rings. The highest BCUT2D eigenvalue weighted by atomic mass is 16.2. The van der Waals surface area contributed by atoms with E-state index in [4.69, 9.17) is 5.26 Å². The number of carbonyl (C=O) groups is 3. The first-order chi connectivity index (χ1) is 7.63. The van der Waals surface area contributed by atoms with Crippen LogP contribution in [-0.4, -0.2) is 36.9 Å². The van der Waals surface area contributed by atoms with Crippen LogP contribution in [0.15, 0.2) is 0 Å². The van der Waals surface area contributed by atoms with E-state index in [2.05, 4.69) is 16.0 Å². The molecular formula is C9H12N4O3. The maximum Gasteiger partial charge on any atom is 0.243 e. The Bertz CT molecular complexity index is 347. The Morgan fingerprint density at radius 2 is 2.31 bits per heavy atom. The van der Waals surface area contributed by atoms with Gasteiger partial charge in [0.15, 0.2) is 0 Å². The number of imide groups is 1. The molecule has 0 aliphatic carbocycles. The molecule has 3 N–H and O–H groups in total. The second kappa shape index (κ2) is 5.82. The minimum atomic E-state index is -0.523. The minimum Gasteiger partial charge on any atom is -0.342 e. The molecule has 1 atom stereocenters. The number of rotatable bonds is 4. The molecule has 1 aliphatic rings. The largest absolute Gasteiger partial charge is 0.342 e. The van der Waals surface area contributed by atoms with Crippen molar-refractivity contribution in [3.8, 4) is 6.07 Å². The van der Waals surface area contributed by atoms with E-state index in [-0.39, 0.29) is 31.3 Å². The van der Waals surface area contributed by atoms with Crippen LogP contribution < -0.4 is 16.0 Å². The molecule has 0 saturated carbocycles. The molecule has 1 heterocycles. The van der Waals surface area contributed by atoms with E-state index in [1.54, 1.807) is 6.07 Å². The highest BCUT2D eigenvalue weighted by Crippen LogP contribution is 2.03. The second-order valence-electron chi connectivity index (χ2n) is 3.32. The van der Waals surface area contributed by atoms with Crippen molar-refractivity contribution in [1.29, 1.82) is 5.26 Å². The first-order valence-electron chi connectivity index (χ1n) is 4.84. The zero-order valence-electron chi connectivity index (χ0n) is 8.58. The number of nitriles is 1. The van der Waals surface area contributed by atoms with Crippen LogP contribution in [0.4, 0.5) is 0 Å². The van der Waals surface area contributed by atoms with Crippen LogP contribution in [0.1, 0.15) is 12.8 Å². The fourth-order valence-corrected chi connectivity index (χ4v) is 1.30. The standard InChI is InChI=1S/C9H12N4O3/c10-3-4-11-8(15)5-12-6-1-2-7(14)13-9(6)16/h6,12H,1-2,4-5H2,(H,11,15)(H,13,14,16). The van der Waals surface area contributed by atoms with Gasteiger partial charge in [-0.1, -0.05) is 0 Å². The molecule has 0 aromatic carbocycles. The van der Waals surface area contributed by atoms with Gasteiger partial charge < -0.3 is 5.32 Å². The third kappa shape index (κ3) is 3.67. The lowest BCUT2D eigenvalue weighted by Gasteiger charge is -2.21. The van der Waals surface area contributed by atoms with Gasteiger partial charge in [0.2, 0.25) is 17.7 Å². The van der Waals surface area contributed by atoms with Gasteiger partial charge in [0, 0.05) is 6.42 Å². The molecule has 0 spiro atoms. The van der Waals surface area contributed by atoms with Gasteiger partial charge in [-0.15, -0.1) is 0 Å². The Hall–Kier alpha value is -1.94. The lowest BCUT2D eigenvalue weighted by atomic mass is 10.1. The number of carbonyl (C=O) groups excluding carboxylic acids is 3. The number of nitrogens with zero attached hydrogens (tertiary/aromatic N) is 1. The lowest BCUT2D eigenvalue weighted by molar-refractivity contribution is -0.134. The number of nitrogens with one attached hydrogen (secondary N) is 3. The predicted molar refractivity (Wildman–Crippen MR) is 52.8 cm³/mol. The minimum absolute atomic E-state index is 0.0477. The van der Waals surface area contributed by atoms with Crippen molar-refractivity contribution >= 4 is 17.7 Å². The summed E-state index contributed by atoms with van der Waals surface area (Å²) in [6, 6.07) is 1.24. The van der Waals surface area contributed by atoms with Crippen molar-refractivity contribution in [2.75, 3.05) is 13.1 Å².